The number of hydrogen-bond acceptors (Lipinski definition) is 3. The summed E-state index contributed by atoms with van der Waals surface area (Å²) < 4.78 is 5.46. The Morgan fingerprint density at radius 2 is 1.96 bits per heavy atom. The zero-order chi connectivity index (χ0) is 19.7. The van der Waals surface area contributed by atoms with E-state index in [1.165, 1.54) is 0 Å². The van der Waals surface area contributed by atoms with Gasteiger partial charge in [0.2, 0.25) is 0 Å². The monoisotopic (exact) mass is 401 g/mol. The molecule has 1 saturated heterocycles. The van der Waals surface area contributed by atoms with Gasteiger partial charge in [0, 0.05) is 19.0 Å². The van der Waals surface area contributed by atoms with Gasteiger partial charge in [-0.2, -0.15) is 0 Å². The van der Waals surface area contributed by atoms with Crippen LogP contribution in [0.1, 0.15) is 52.0 Å². The second-order valence-electron chi connectivity index (χ2n) is 7.72. The lowest BCUT2D eigenvalue weighted by atomic mass is 9.66. The molecule has 0 aromatic heterocycles. The fourth-order valence-electron chi connectivity index (χ4n) is 3.47. The van der Waals surface area contributed by atoms with E-state index in [1.54, 1.807) is 43.9 Å². The summed E-state index contributed by atoms with van der Waals surface area (Å²) >= 11 is 12.2. The highest BCUT2D eigenvalue weighted by Gasteiger charge is 2.49. The van der Waals surface area contributed by atoms with Crippen molar-refractivity contribution in [2.75, 3.05) is 13.1 Å². The van der Waals surface area contributed by atoms with Crippen LogP contribution in [0.2, 0.25) is 10.0 Å². The molecule has 7 heteroatoms. The number of carboxylic acids is 1. The van der Waals surface area contributed by atoms with E-state index in [4.69, 9.17) is 27.9 Å². The molecule has 1 aliphatic heterocycles. The van der Waals surface area contributed by atoms with Gasteiger partial charge in [-0.15, -0.1) is 0 Å². The van der Waals surface area contributed by atoms with Crippen molar-refractivity contribution in [1.82, 2.24) is 4.90 Å². The van der Waals surface area contributed by atoms with Crippen LogP contribution < -0.4 is 0 Å². The van der Waals surface area contributed by atoms with Crippen LogP contribution in [-0.4, -0.2) is 40.8 Å². The number of piperidine rings is 1. The minimum Gasteiger partial charge on any atom is -0.481 e. The number of rotatable bonds is 3. The average molecular weight is 402 g/mol. The summed E-state index contributed by atoms with van der Waals surface area (Å²) in [6.07, 6.45) is 0.371. The predicted octanol–water partition coefficient (Wildman–Crippen LogP) is 5.20. The Balaban J connectivity index is 2.39. The fourth-order valence-corrected chi connectivity index (χ4v) is 3.78. The zero-order valence-corrected chi connectivity index (χ0v) is 17.0. The predicted molar refractivity (Wildman–Crippen MR) is 102 cm³/mol. The van der Waals surface area contributed by atoms with Crippen LogP contribution in [0.4, 0.5) is 4.79 Å². The third kappa shape index (κ3) is 4.26. The summed E-state index contributed by atoms with van der Waals surface area (Å²) in [5.74, 6) is -1.26. The van der Waals surface area contributed by atoms with Crippen molar-refractivity contribution in [3.8, 4) is 0 Å². The third-order valence-corrected chi connectivity index (χ3v) is 5.69. The Kier molecular flexibility index (Phi) is 6.13. The lowest BCUT2D eigenvalue weighted by molar-refractivity contribution is -0.154. The molecule has 1 aromatic carbocycles. The van der Waals surface area contributed by atoms with Gasteiger partial charge in [0.25, 0.3) is 0 Å². The molecule has 2 atom stereocenters. The molecule has 0 saturated carbocycles. The van der Waals surface area contributed by atoms with E-state index >= 15 is 0 Å². The van der Waals surface area contributed by atoms with Crippen molar-refractivity contribution in [3.05, 3.63) is 33.8 Å². The number of carbonyl (C=O) groups excluding carboxylic acids is 1. The summed E-state index contributed by atoms with van der Waals surface area (Å²) in [5, 5.41) is 10.7. The van der Waals surface area contributed by atoms with Gasteiger partial charge in [-0.25, -0.2) is 4.79 Å². The first-order valence-corrected chi connectivity index (χ1v) is 9.42. The Hall–Kier alpha value is -1.46. The molecule has 0 bridgehead atoms. The largest absolute Gasteiger partial charge is 0.481 e. The first-order chi connectivity index (χ1) is 12.0. The fraction of sp³-hybridized carbons (Fsp3) is 0.579. The molecule has 2 rings (SSSR count). The molecule has 0 spiro atoms. The topological polar surface area (TPSA) is 66.8 Å². The van der Waals surface area contributed by atoms with Crippen LogP contribution in [0.3, 0.4) is 0 Å². The number of benzene rings is 1. The minimum atomic E-state index is -0.963. The quantitative estimate of drug-likeness (QED) is 0.755. The molecule has 1 heterocycles. The number of carbonyl (C=O) groups is 2. The maximum Gasteiger partial charge on any atom is 0.410 e. The molecule has 1 N–H and O–H groups in total. The molecule has 1 amide bonds. The highest BCUT2D eigenvalue weighted by atomic mass is 35.5. The number of halogens is 2. The van der Waals surface area contributed by atoms with Crippen molar-refractivity contribution < 1.29 is 19.4 Å². The lowest BCUT2D eigenvalue weighted by Crippen LogP contribution is -2.52. The second kappa shape index (κ2) is 7.65. The molecule has 1 fully saturated rings. The first-order valence-electron chi connectivity index (χ1n) is 8.66. The summed E-state index contributed by atoms with van der Waals surface area (Å²) in [5.41, 5.74) is -0.810. The highest BCUT2D eigenvalue weighted by Crippen LogP contribution is 2.47. The molecule has 144 valence electrons. The van der Waals surface area contributed by atoms with E-state index in [0.29, 0.717) is 29.4 Å². The summed E-state index contributed by atoms with van der Waals surface area (Å²) in [4.78, 5) is 26.2. The van der Waals surface area contributed by atoms with E-state index in [-0.39, 0.29) is 6.54 Å². The Bertz CT molecular complexity index is 701. The van der Waals surface area contributed by atoms with Crippen molar-refractivity contribution in [1.29, 1.82) is 0 Å². The second-order valence-corrected chi connectivity index (χ2v) is 8.53. The molecule has 1 aromatic rings. The Morgan fingerprint density at radius 1 is 1.31 bits per heavy atom. The standard InChI is InChI=1S/C19H25Cl2NO4/c1-5-19(16(23)24)8-9-22(17(25)26-18(2,3)4)11-13(19)12-6-7-14(20)15(21)10-12/h6-7,10,13H,5,8-9,11H2,1-4H3,(H,23,24)/t13-,19-/m0/s1. The first kappa shape index (κ1) is 20.8. The van der Waals surface area contributed by atoms with Crippen LogP contribution in [0.25, 0.3) is 0 Å². The van der Waals surface area contributed by atoms with E-state index in [1.807, 2.05) is 6.92 Å². The smallest absolute Gasteiger partial charge is 0.410 e. The number of amides is 1. The van der Waals surface area contributed by atoms with Crippen LogP contribution in [0, 0.1) is 5.41 Å². The number of hydrogen-bond donors (Lipinski definition) is 1. The molecule has 0 aliphatic carbocycles. The van der Waals surface area contributed by atoms with Gasteiger partial charge < -0.3 is 14.7 Å². The number of likely N-dealkylation sites (tertiary alicyclic amines) is 1. The number of nitrogens with zero attached hydrogens (tertiary/aromatic N) is 1. The number of carboxylic acid groups (broad SMARTS) is 1. The van der Waals surface area contributed by atoms with Crippen LogP contribution in [0.5, 0.6) is 0 Å². The van der Waals surface area contributed by atoms with E-state index in [0.717, 1.165) is 5.56 Å². The molecular weight excluding hydrogens is 377 g/mol. The van der Waals surface area contributed by atoms with Crippen molar-refractivity contribution >= 4 is 35.3 Å². The Labute approximate surface area is 164 Å². The Morgan fingerprint density at radius 3 is 2.46 bits per heavy atom. The average Bonchev–Trinajstić information content (AvgIpc) is 2.55. The molecule has 0 radical (unpaired) electrons. The van der Waals surface area contributed by atoms with Gasteiger partial charge in [-0.05, 0) is 51.3 Å². The van der Waals surface area contributed by atoms with Crippen molar-refractivity contribution in [3.63, 3.8) is 0 Å². The summed E-state index contributed by atoms with van der Waals surface area (Å²) in [7, 11) is 0. The van der Waals surface area contributed by atoms with Crippen molar-refractivity contribution in [2.24, 2.45) is 5.41 Å². The summed E-state index contributed by atoms with van der Waals surface area (Å²) in [6.45, 7) is 7.87. The number of ether oxygens (including phenoxy) is 1. The van der Waals surface area contributed by atoms with Gasteiger partial charge in [0.05, 0.1) is 15.5 Å². The summed E-state index contributed by atoms with van der Waals surface area (Å²) in [6, 6.07) is 5.14. The minimum absolute atomic E-state index is 0.257. The molecule has 1 aliphatic rings. The SMILES string of the molecule is CC[C@]1(C(=O)O)CCN(C(=O)OC(C)(C)C)C[C@H]1c1ccc(Cl)c(Cl)c1. The molecule has 0 unspecified atom stereocenters. The molecular formula is C19H25Cl2NO4. The van der Waals surface area contributed by atoms with Crippen LogP contribution >= 0.6 is 23.2 Å². The number of aliphatic carboxylic acids is 1. The highest BCUT2D eigenvalue weighted by molar-refractivity contribution is 6.42. The van der Waals surface area contributed by atoms with Crippen LogP contribution in [-0.2, 0) is 9.53 Å². The van der Waals surface area contributed by atoms with Gasteiger partial charge in [-0.3, -0.25) is 4.79 Å². The van der Waals surface area contributed by atoms with E-state index in [9.17, 15) is 14.7 Å². The van der Waals surface area contributed by atoms with Gasteiger partial charge in [-0.1, -0.05) is 36.2 Å². The normalized spacial score (nSPS) is 23.6. The van der Waals surface area contributed by atoms with Crippen molar-refractivity contribution in [2.45, 2.75) is 52.1 Å². The lowest BCUT2D eigenvalue weighted by Gasteiger charge is -2.45. The van der Waals surface area contributed by atoms with Gasteiger partial charge in [0.15, 0.2) is 0 Å². The van der Waals surface area contributed by atoms with Gasteiger partial charge >= 0.3 is 12.1 Å². The van der Waals surface area contributed by atoms with Gasteiger partial charge in [0.1, 0.15) is 5.60 Å². The molecule has 26 heavy (non-hydrogen) atoms. The molecule has 5 nitrogen and oxygen atoms in total. The maximum absolute atomic E-state index is 12.5. The van der Waals surface area contributed by atoms with E-state index in [2.05, 4.69) is 0 Å². The van der Waals surface area contributed by atoms with Crippen LogP contribution in [0.15, 0.2) is 18.2 Å². The van der Waals surface area contributed by atoms with E-state index < -0.39 is 29.0 Å². The zero-order valence-electron chi connectivity index (χ0n) is 15.5. The third-order valence-electron chi connectivity index (χ3n) is 4.95. The maximum atomic E-state index is 12.5.